The van der Waals surface area contributed by atoms with Gasteiger partial charge in [0, 0.05) is 5.92 Å². The molecule has 1 aliphatic rings. The molecule has 1 atom stereocenters. The van der Waals surface area contributed by atoms with Crippen LogP contribution in [0.5, 0.6) is 0 Å². The molecule has 1 unspecified atom stereocenters. The van der Waals surface area contributed by atoms with E-state index in [2.05, 4.69) is 17.1 Å². The molecule has 0 saturated carbocycles. The maximum atomic E-state index is 12.4. The minimum atomic E-state index is -0.466. The van der Waals surface area contributed by atoms with Crippen LogP contribution in [0.1, 0.15) is 17.0 Å². The number of carbonyl (C=O) groups is 1. The maximum absolute atomic E-state index is 12.4. The molecule has 2 aromatic rings. The molecule has 0 heterocycles. The molecule has 23 heavy (non-hydrogen) atoms. The van der Waals surface area contributed by atoms with Gasteiger partial charge in [-0.3, -0.25) is 9.79 Å². The van der Waals surface area contributed by atoms with Gasteiger partial charge in [-0.25, -0.2) is 0 Å². The fraction of sp³-hybridized carbons (Fsp3) is 0.222. The van der Waals surface area contributed by atoms with Gasteiger partial charge in [-0.15, -0.1) is 0 Å². The highest BCUT2D eigenvalue weighted by Gasteiger charge is 2.38. The molecule has 0 spiro atoms. The number of rotatable bonds is 4. The summed E-state index contributed by atoms with van der Waals surface area (Å²) in [6.07, 6.45) is 0. The highest BCUT2D eigenvalue weighted by atomic mass is 16.5. The van der Waals surface area contributed by atoms with E-state index in [0.29, 0.717) is 0 Å². The lowest BCUT2D eigenvalue weighted by Gasteiger charge is -2.22. The average molecular weight is 309 g/mol. The second kappa shape index (κ2) is 6.12. The summed E-state index contributed by atoms with van der Waals surface area (Å²) in [5.41, 5.74) is 15.4. The predicted octanol–water partition coefficient (Wildman–Crippen LogP) is 1.86. The van der Waals surface area contributed by atoms with Crippen LogP contribution >= 0.6 is 0 Å². The highest BCUT2D eigenvalue weighted by molar-refractivity contribution is 5.84. The molecule has 3 rings (SSSR count). The van der Waals surface area contributed by atoms with Crippen molar-refractivity contribution in [2.45, 2.75) is 5.92 Å². The van der Waals surface area contributed by atoms with E-state index in [1.807, 2.05) is 36.4 Å². The standard InChI is InChI=1S/C18H19N3O2/c1-23-17(22)15(10-21-18(19)20)16-13-8-4-2-6-11(13)12-7-3-5-9-14(12)16/h2-9,15-16H,10H2,1H3,(H4,19,20,21). The monoisotopic (exact) mass is 309 g/mol. The summed E-state index contributed by atoms with van der Waals surface area (Å²) in [5, 5.41) is 0. The maximum Gasteiger partial charge on any atom is 0.311 e. The van der Waals surface area contributed by atoms with Crippen molar-refractivity contribution in [3.8, 4) is 11.1 Å². The minimum absolute atomic E-state index is 0.0292. The Morgan fingerprint density at radius 1 is 1.09 bits per heavy atom. The summed E-state index contributed by atoms with van der Waals surface area (Å²) in [6, 6.07) is 16.2. The van der Waals surface area contributed by atoms with Crippen molar-refractivity contribution >= 4 is 11.9 Å². The molecule has 0 fully saturated rings. The number of esters is 1. The first-order chi connectivity index (χ1) is 11.1. The predicted molar refractivity (Wildman–Crippen MR) is 89.9 cm³/mol. The van der Waals surface area contributed by atoms with Crippen LogP contribution in [0.3, 0.4) is 0 Å². The second-order valence-electron chi connectivity index (χ2n) is 5.55. The Morgan fingerprint density at radius 2 is 1.61 bits per heavy atom. The average Bonchev–Trinajstić information content (AvgIpc) is 2.90. The quantitative estimate of drug-likeness (QED) is 0.512. The molecule has 0 amide bonds. The van der Waals surface area contributed by atoms with Crippen LogP contribution in [0.2, 0.25) is 0 Å². The van der Waals surface area contributed by atoms with Crippen LogP contribution in [-0.2, 0) is 9.53 Å². The van der Waals surface area contributed by atoms with Gasteiger partial charge in [0.1, 0.15) is 0 Å². The number of nitrogens with zero attached hydrogens (tertiary/aromatic N) is 1. The van der Waals surface area contributed by atoms with Gasteiger partial charge in [0.25, 0.3) is 0 Å². The summed E-state index contributed by atoms with van der Waals surface area (Å²) >= 11 is 0. The van der Waals surface area contributed by atoms with Crippen molar-refractivity contribution in [1.29, 1.82) is 0 Å². The smallest absolute Gasteiger partial charge is 0.311 e. The molecule has 0 aromatic heterocycles. The van der Waals surface area contributed by atoms with Crippen molar-refractivity contribution in [2.75, 3.05) is 13.7 Å². The van der Waals surface area contributed by atoms with Gasteiger partial charge in [-0.2, -0.15) is 0 Å². The van der Waals surface area contributed by atoms with E-state index in [1.54, 1.807) is 0 Å². The largest absolute Gasteiger partial charge is 0.469 e. The van der Waals surface area contributed by atoms with Gasteiger partial charge in [-0.1, -0.05) is 48.5 Å². The molecule has 2 aromatic carbocycles. The number of carbonyl (C=O) groups excluding carboxylic acids is 1. The van der Waals surface area contributed by atoms with Gasteiger partial charge in [0.05, 0.1) is 19.6 Å². The van der Waals surface area contributed by atoms with E-state index in [-0.39, 0.29) is 24.4 Å². The van der Waals surface area contributed by atoms with E-state index in [1.165, 1.54) is 7.11 Å². The number of fused-ring (bicyclic) bond motifs is 3. The Hall–Kier alpha value is -2.82. The third-order valence-electron chi connectivity index (χ3n) is 4.26. The van der Waals surface area contributed by atoms with Gasteiger partial charge in [0.15, 0.2) is 5.96 Å². The third kappa shape index (κ3) is 2.65. The fourth-order valence-electron chi connectivity index (χ4n) is 3.30. The zero-order chi connectivity index (χ0) is 16.4. The lowest BCUT2D eigenvalue weighted by atomic mass is 9.84. The van der Waals surface area contributed by atoms with Crippen LogP contribution in [0.15, 0.2) is 53.5 Å². The molecular formula is C18H19N3O2. The van der Waals surface area contributed by atoms with Crippen LogP contribution in [-0.4, -0.2) is 25.6 Å². The number of methoxy groups -OCH3 is 1. The van der Waals surface area contributed by atoms with E-state index in [0.717, 1.165) is 22.3 Å². The molecular weight excluding hydrogens is 290 g/mol. The third-order valence-corrected chi connectivity index (χ3v) is 4.26. The lowest BCUT2D eigenvalue weighted by molar-refractivity contribution is -0.145. The number of hydrogen-bond donors (Lipinski definition) is 2. The number of guanidine groups is 1. The first-order valence-corrected chi connectivity index (χ1v) is 7.45. The molecule has 4 N–H and O–H groups in total. The Bertz CT molecular complexity index is 721. The zero-order valence-corrected chi connectivity index (χ0v) is 12.9. The lowest BCUT2D eigenvalue weighted by Crippen LogP contribution is -2.29. The topological polar surface area (TPSA) is 90.7 Å². The molecule has 5 heteroatoms. The van der Waals surface area contributed by atoms with Gasteiger partial charge < -0.3 is 16.2 Å². The van der Waals surface area contributed by atoms with Crippen LogP contribution < -0.4 is 11.5 Å². The zero-order valence-electron chi connectivity index (χ0n) is 12.9. The summed E-state index contributed by atoms with van der Waals surface area (Å²) in [7, 11) is 1.39. The van der Waals surface area contributed by atoms with Crippen LogP contribution in [0, 0.1) is 5.92 Å². The van der Waals surface area contributed by atoms with E-state index < -0.39 is 5.92 Å². The summed E-state index contributed by atoms with van der Waals surface area (Å²) in [6.45, 7) is 0.197. The van der Waals surface area contributed by atoms with Crippen molar-refractivity contribution in [2.24, 2.45) is 22.4 Å². The van der Waals surface area contributed by atoms with E-state index in [9.17, 15) is 4.79 Å². The molecule has 0 radical (unpaired) electrons. The Kier molecular flexibility index (Phi) is 4.02. The molecule has 1 aliphatic carbocycles. The number of ether oxygens (including phenoxy) is 1. The molecule has 0 saturated heterocycles. The highest BCUT2D eigenvalue weighted by Crippen LogP contribution is 2.48. The molecule has 0 aliphatic heterocycles. The Labute approximate surface area is 135 Å². The number of hydrogen-bond acceptors (Lipinski definition) is 3. The summed E-state index contributed by atoms with van der Waals surface area (Å²) < 4.78 is 5.00. The molecule has 118 valence electrons. The van der Waals surface area contributed by atoms with E-state index in [4.69, 9.17) is 16.2 Å². The van der Waals surface area contributed by atoms with Crippen LogP contribution in [0.25, 0.3) is 11.1 Å². The van der Waals surface area contributed by atoms with Gasteiger partial charge in [-0.05, 0) is 22.3 Å². The van der Waals surface area contributed by atoms with Crippen molar-refractivity contribution in [3.63, 3.8) is 0 Å². The minimum Gasteiger partial charge on any atom is -0.469 e. The van der Waals surface area contributed by atoms with Crippen molar-refractivity contribution < 1.29 is 9.53 Å². The first-order valence-electron chi connectivity index (χ1n) is 7.45. The summed E-state index contributed by atoms with van der Waals surface area (Å²) in [4.78, 5) is 16.4. The fourth-order valence-corrected chi connectivity index (χ4v) is 3.30. The van der Waals surface area contributed by atoms with Gasteiger partial charge >= 0.3 is 5.97 Å². The van der Waals surface area contributed by atoms with Crippen molar-refractivity contribution in [3.05, 3.63) is 59.7 Å². The van der Waals surface area contributed by atoms with Gasteiger partial charge in [0.2, 0.25) is 0 Å². The molecule has 0 bridgehead atoms. The first kappa shape index (κ1) is 15.1. The van der Waals surface area contributed by atoms with E-state index >= 15 is 0 Å². The Morgan fingerprint density at radius 3 is 2.09 bits per heavy atom. The van der Waals surface area contributed by atoms with Crippen molar-refractivity contribution in [1.82, 2.24) is 0 Å². The SMILES string of the molecule is COC(=O)C(CN=C(N)N)C1c2ccccc2-c2ccccc21. The summed E-state index contributed by atoms with van der Waals surface area (Å²) in [5.74, 6) is -0.921. The molecule has 5 nitrogen and oxygen atoms in total. The number of benzene rings is 2. The second-order valence-corrected chi connectivity index (χ2v) is 5.55. The number of nitrogens with two attached hydrogens (primary N) is 2. The Balaban J connectivity index is 2.12. The van der Waals surface area contributed by atoms with Crippen LogP contribution in [0.4, 0.5) is 0 Å². The normalized spacial score (nSPS) is 13.8. The number of aliphatic imine (C=N–C) groups is 1.